The van der Waals surface area contributed by atoms with Crippen molar-refractivity contribution >= 4 is 35.6 Å². The van der Waals surface area contributed by atoms with Crippen LogP contribution in [0.25, 0.3) is 0 Å². The van der Waals surface area contributed by atoms with Crippen LogP contribution in [0.1, 0.15) is 39.9 Å². The molecule has 1 saturated heterocycles. The summed E-state index contributed by atoms with van der Waals surface area (Å²) in [7, 11) is 0. The van der Waals surface area contributed by atoms with Gasteiger partial charge < -0.3 is 20.4 Å². The fourth-order valence-corrected chi connectivity index (χ4v) is 3.15. The van der Waals surface area contributed by atoms with E-state index in [2.05, 4.69) is 21.0 Å². The molecule has 1 aromatic carbocycles. The van der Waals surface area contributed by atoms with Crippen LogP contribution >= 0.6 is 12.4 Å². The molecule has 3 aromatic rings. The van der Waals surface area contributed by atoms with Gasteiger partial charge in [0.15, 0.2) is 11.5 Å². The van der Waals surface area contributed by atoms with E-state index >= 15 is 0 Å². The summed E-state index contributed by atoms with van der Waals surface area (Å²) in [6.07, 6.45) is 5.45. The van der Waals surface area contributed by atoms with Gasteiger partial charge in [-0.3, -0.25) is 14.3 Å². The monoisotopic (exact) mass is 415 g/mol. The molecule has 9 heteroatoms. The van der Waals surface area contributed by atoms with Gasteiger partial charge in [-0.05, 0) is 61.9 Å². The highest BCUT2D eigenvalue weighted by Gasteiger charge is 2.18. The molecule has 3 heterocycles. The van der Waals surface area contributed by atoms with Gasteiger partial charge >= 0.3 is 0 Å². The van der Waals surface area contributed by atoms with Crippen molar-refractivity contribution in [3.05, 3.63) is 66.4 Å². The quantitative estimate of drug-likeness (QED) is 0.593. The Morgan fingerprint density at radius 3 is 2.41 bits per heavy atom. The molecule has 2 aromatic heterocycles. The lowest BCUT2D eigenvalue weighted by atomic mass is 10.1. The Morgan fingerprint density at radius 2 is 1.79 bits per heavy atom. The average Bonchev–Trinajstić information content (AvgIpc) is 3.42. The summed E-state index contributed by atoms with van der Waals surface area (Å²) < 4.78 is 6.91. The molecular weight excluding hydrogens is 394 g/mol. The van der Waals surface area contributed by atoms with Gasteiger partial charge in [0, 0.05) is 24.1 Å². The van der Waals surface area contributed by atoms with E-state index in [0.717, 1.165) is 25.9 Å². The Labute approximate surface area is 174 Å². The number of amides is 2. The van der Waals surface area contributed by atoms with Gasteiger partial charge in [-0.2, -0.15) is 5.10 Å². The van der Waals surface area contributed by atoms with E-state index in [-0.39, 0.29) is 36.0 Å². The Morgan fingerprint density at radius 1 is 1.07 bits per heavy atom. The number of halogens is 1. The Hall–Kier alpha value is -3.10. The molecule has 1 aliphatic heterocycles. The van der Waals surface area contributed by atoms with E-state index in [9.17, 15) is 9.59 Å². The lowest BCUT2D eigenvalue weighted by molar-refractivity contribution is 0.0994. The molecule has 4 rings (SSSR count). The number of carbonyl (C=O) groups excluding carboxylic acids is 2. The normalized spacial score (nSPS) is 15.9. The smallest absolute Gasteiger partial charge is 0.291 e. The highest BCUT2D eigenvalue weighted by atomic mass is 35.5. The molecule has 29 heavy (non-hydrogen) atoms. The van der Waals surface area contributed by atoms with Crippen molar-refractivity contribution in [1.29, 1.82) is 0 Å². The first-order chi connectivity index (χ1) is 13.7. The number of anilines is 2. The minimum atomic E-state index is -0.329. The average molecular weight is 416 g/mol. The lowest BCUT2D eigenvalue weighted by Crippen LogP contribution is -2.32. The van der Waals surface area contributed by atoms with E-state index in [1.165, 1.54) is 6.26 Å². The molecule has 0 saturated carbocycles. The number of carbonyl (C=O) groups is 2. The van der Waals surface area contributed by atoms with Crippen molar-refractivity contribution < 1.29 is 14.0 Å². The van der Waals surface area contributed by atoms with E-state index in [1.54, 1.807) is 42.5 Å². The molecule has 2 amide bonds. The summed E-state index contributed by atoms with van der Waals surface area (Å²) in [4.78, 5) is 24.4. The molecule has 1 aliphatic rings. The van der Waals surface area contributed by atoms with Crippen LogP contribution < -0.4 is 16.0 Å². The van der Waals surface area contributed by atoms with Gasteiger partial charge in [0.05, 0.1) is 12.3 Å². The number of piperidine rings is 1. The third kappa shape index (κ3) is 5.04. The topological polar surface area (TPSA) is 101 Å². The molecule has 1 fully saturated rings. The Balaban J connectivity index is 0.00000240. The maximum absolute atomic E-state index is 12.4. The number of aromatic nitrogens is 2. The first-order valence-corrected chi connectivity index (χ1v) is 9.21. The maximum Gasteiger partial charge on any atom is 0.291 e. The zero-order valence-corrected chi connectivity index (χ0v) is 16.4. The van der Waals surface area contributed by atoms with Crippen molar-refractivity contribution in [1.82, 2.24) is 15.1 Å². The van der Waals surface area contributed by atoms with Crippen LogP contribution in [-0.2, 0) is 0 Å². The predicted octanol–water partition coefficient (Wildman–Crippen LogP) is 3.33. The zero-order chi connectivity index (χ0) is 19.3. The fraction of sp³-hybridized carbons (Fsp3) is 0.250. The lowest BCUT2D eigenvalue weighted by Gasteiger charge is -2.22. The van der Waals surface area contributed by atoms with Crippen molar-refractivity contribution in [2.45, 2.75) is 18.9 Å². The highest BCUT2D eigenvalue weighted by Crippen LogP contribution is 2.18. The standard InChI is InChI=1S/C20H21N5O3.ClH/c26-19(17-9-11-25(24-17)16-3-1-10-21-13-16)22-14-5-7-15(8-6-14)23-20(27)18-4-2-12-28-18;/h2,4-9,11-12,16,21H,1,3,10,13H2,(H,22,26)(H,23,27);1H. The van der Waals surface area contributed by atoms with E-state index in [0.29, 0.717) is 17.1 Å². The van der Waals surface area contributed by atoms with Gasteiger partial charge in [0.2, 0.25) is 0 Å². The number of furan rings is 1. The van der Waals surface area contributed by atoms with Gasteiger partial charge in [-0.15, -0.1) is 12.4 Å². The Kier molecular flexibility index (Phi) is 6.69. The van der Waals surface area contributed by atoms with Crippen molar-refractivity contribution in [2.75, 3.05) is 23.7 Å². The summed E-state index contributed by atoms with van der Waals surface area (Å²) in [6, 6.07) is 12.1. The van der Waals surface area contributed by atoms with Crippen LogP contribution in [0.15, 0.2) is 59.3 Å². The fourth-order valence-electron chi connectivity index (χ4n) is 3.15. The molecule has 1 unspecified atom stereocenters. The van der Waals surface area contributed by atoms with Crippen LogP contribution in [0.2, 0.25) is 0 Å². The van der Waals surface area contributed by atoms with Gasteiger partial charge in [0.25, 0.3) is 11.8 Å². The number of benzene rings is 1. The highest BCUT2D eigenvalue weighted by molar-refractivity contribution is 6.04. The number of nitrogens with zero attached hydrogens (tertiary/aromatic N) is 2. The minimum absolute atomic E-state index is 0. The molecule has 0 radical (unpaired) electrons. The van der Waals surface area contributed by atoms with Gasteiger partial charge in [0.1, 0.15) is 0 Å². The molecule has 8 nitrogen and oxygen atoms in total. The largest absolute Gasteiger partial charge is 0.459 e. The molecule has 0 aliphatic carbocycles. The van der Waals surface area contributed by atoms with E-state index < -0.39 is 0 Å². The number of nitrogens with one attached hydrogen (secondary N) is 3. The van der Waals surface area contributed by atoms with Crippen LogP contribution in [0.4, 0.5) is 11.4 Å². The maximum atomic E-state index is 12.4. The van der Waals surface area contributed by atoms with Crippen molar-refractivity contribution in [2.24, 2.45) is 0 Å². The summed E-state index contributed by atoms with van der Waals surface area (Å²) in [5, 5.41) is 13.3. The second-order valence-electron chi connectivity index (χ2n) is 6.64. The van der Waals surface area contributed by atoms with Crippen molar-refractivity contribution in [3.63, 3.8) is 0 Å². The number of hydrogen-bond donors (Lipinski definition) is 3. The molecule has 0 bridgehead atoms. The summed E-state index contributed by atoms with van der Waals surface area (Å²) in [6.45, 7) is 1.90. The second kappa shape index (κ2) is 9.40. The third-order valence-electron chi connectivity index (χ3n) is 4.63. The predicted molar refractivity (Wildman–Crippen MR) is 112 cm³/mol. The van der Waals surface area contributed by atoms with Crippen LogP contribution in [0.3, 0.4) is 0 Å². The number of hydrogen-bond acceptors (Lipinski definition) is 5. The first kappa shape index (κ1) is 20.6. The first-order valence-electron chi connectivity index (χ1n) is 9.21. The van der Waals surface area contributed by atoms with Crippen LogP contribution in [0.5, 0.6) is 0 Å². The third-order valence-corrected chi connectivity index (χ3v) is 4.63. The number of rotatable bonds is 5. The molecule has 0 spiro atoms. The van der Waals surface area contributed by atoms with Gasteiger partial charge in [-0.25, -0.2) is 0 Å². The molecule has 1 atom stereocenters. The summed E-state index contributed by atoms with van der Waals surface area (Å²) >= 11 is 0. The SMILES string of the molecule is Cl.O=C(Nc1ccc(NC(=O)c2ccco2)cc1)c1ccn(C2CCCNC2)n1. The van der Waals surface area contributed by atoms with Crippen molar-refractivity contribution in [3.8, 4) is 0 Å². The van der Waals surface area contributed by atoms with Crippen LogP contribution in [-0.4, -0.2) is 34.7 Å². The van der Waals surface area contributed by atoms with Gasteiger partial charge in [-0.1, -0.05) is 0 Å². The minimum Gasteiger partial charge on any atom is -0.459 e. The summed E-state index contributed by atoms with van der Waals surface area (Å²) in [5.74, 6) is -0.361. The summed E-state index contributed by atoms with van der Waals surface area (Å²) in [5.41, 5.74) is 1.60. The van der Waals surface area contributed by atoms with E-state index in [1.807, 2.05) is 10.9 Å². The van der Waals surface area contributed by atoms with E-state index in [4.69, 9.17) is 4.42 Å². The molecule has 152 valence electrons. The second-order valence-corrected chi connectivity index (χ2v) is 6.64. The zero-order valence-electron chi connectivity index (χ0n) is 15.6. The van der Waals surface area contributed by atoms with Crippen LogP contribution in [0, 0.1) is 0 Å². The molecule has 3 N–H and O–H groups in total. The Bertz CT molecular complexity index is 947. The molecular formula is C20H22ClN5O3.